The van der Waals surface area contributed by atoms with Gasteiger partial charge in [-0.3, -0.25) is 4.79 Å². The van der Waals surface area contributed by atoms with E-state index >= 15 is 0 Å². The van der Waals surface area contributed by atoms with Gasteiger partial charge >= 0.3 is 5.97 Å². The molecule has 0 saturated carbocycles. The normalized spacial score (nSPS) is 10.4. The second-order valence-electron chi connectivity index (χ2n) is 5.29. The molecule has 2 aromatic carbocycles. The van der Waals surface area contributed by atoms with Crippen LogP contribution in [-0.2, 0) is 17.8 Å². The Bertz CT molecular complexity index is 695. The quantitative estimate of drug-likeness (QED) is 0.577. The van der Waals surface area contributed by atoms with Crippen molar-refractivity contribution in [2.45, 2.75) is 40.2 Å². The van der Waals surface area contributed by atoms with Gasteiger partial charge in [0.05, 0.1) is 5.56 Å². The highest BCUT2D eigenvalue weighted by Gasteiger charge is 2.14. The van der Waals surface area contributed by atoms with E-state index in [-0.39, 0.29) is 24.3 Å². The Morgan fingerprint density at radius 2 is 1.91 bits per heavy atom. The SMILES string of the molecule is CCC(=O)Oc1cccc(F)c1COc1ccc(CC)cc1C. The molecule has 2 rings (SSSR count). The topological polar surface area (TPSA) is 35.5 Å². The van der Waals surface area contributed by atoms with Crippen LogP contribution in [0.5, 0.6) is 11.5 Å². The molecule has 0 unspecified atom stereocenters. The first-order valence-corrected chi connectivity index (χ1v) is 7.75. The molecule has 0 saturated heterocycles. The van der Waals surface area contributed by atoms with Crippen molar-refractivity contribution in [3.05, 3.63) is 58.9 Å². The van der Waals surface area contributed by atoms with Gasteiger partial charge in [-0.25, -0.2) is 4.39 Å². The highest BCUT2D eigenvalue weighted by molar-refractivity contribution is 5.72. The van der Waals surface area contributed by atoms with Crippen LogP contribution in [0.25, 0.3) is 0 Å². The fourth-order valence-electron chi connectivity index (χ4n) is 2.21. The molecular weight excluding hydrogens is 295 g/mol. The minimum Gasteiger partial charge on any atom is -0.488 e. The molecule has 2 aromatic rings. The van der Waals surface area contributed by atoms with Crippen LogP contribution < -0.4 is 9.47 Å². The van der Waals surface area contributed by atoms with Crippen molar-refractivity contribution >= 4 is 5.97 Å². The van der Waals surface area contributed by atoms with Gasteiger partial charge in [-0.2, -0.15) is 0 Å². The van der Waals surface area contributed by atoms with Gasteiger partial charge in [0.2, 0.25) is 0 Å². The molecule has 0 aliphatic heterocycles. The lowest BCUT2D eigenvalue weighted by molar-refractivity contribution is -0.134. The van der Waals surface area contributed by atoms with Crippen LogP contribution in [0.15, 0.2) is 36.4 Å². The summed E-state index contributed by atoms with van der Waals surface area (Å²) >= 11 is 0. The maximum Gasteiger partial charge on any atom is 0.310 e. The van der Waals surface area contributed by atoms with E-state index in [4.69, 9.17) is 9.47 Å². The summed E-state index contributed by atoms with van der Waals surface area (Å²) in [5, 5.41) is 0. The van der Waals surface area contributed by atoms with Crippen LogP contribution in [-0.4, -0.2) is 5.97 Å². The van der Waals surface area contributed by atoms with E-state index in [1.807, 2.05) is 19.1 Å². The van der Waals surface area contributed by atoms with Crippen LogP contribution in [0.2, 0.25) is 0 Å². The fraction of sp³-hybridized carbons (Fsp3) is 0.316. The van der Waals surface area contributed by atoms with Gasteiger partial charge in [0.15, 0.2) is 0 Å². The van der Waals surface area contributed by atoms with Crippen molar-refractivity contribution in [2.75, 3.05) is 0 Å². The summed E-state index contributed by atoms with van der Waals surface area (Å²) < 4.78 is 25.0. The van der Waals surface area contributed by atoms with Crippen molar-refractivity contribution in [2.24, 2.45) is 0 Å². The van der Waals surface area contributed by atoms with Gasteiger partial charge in [0.1, 0.15) is 23.9 Å². The summed E-state index contributed by atoms with van der Waals surface area (Å²) in [5.41, 5.74) is 2.46. The predicted molar refractivity (Wildman–Crippen MR) is 87.2 cm³/mol. The van der Waals surface area contributed by atoms with Crippen molar-refractivity contribution in [1.29, 1.82) is 0 Å². The molecule has 0 aromatic heterocycles. The lowest BCUT2D eigenvalue weighted by atomic mass is 10.1. The molecule has 4 heteroatoms. The summed E-state index contributed by atoms with van der Waals surface area (Å²) in [6.07, 6.45) is 1.18. The number of ether oxygens (including phenoxy) is 2. The molecule has 0 aliphatic carbocycles. The number of esters is 1. The molecule has 0 aliphatic rings. The smallest absolute Gasteiger partial charge is 0.310 e. The Hall–Kier alpha value is -2.36. The lowest BCUT2D eigenvalue weighted by Crippen LogP contribution is -2.10. The molecule has 0 heterocycles. The Morgan fingerprint density at radius 3 is 2.57 bits per heavy atom. The van der Waals surface area contributed by atoms with Gasteiger partial charge in [0.25, 0.3) is 0 Å². The van der Waals surface area contributed by atoms with E-state index in [9.17, 15) is 9.18 Å². The second-order valence-corrected chi connectivity index (χ2v) is 5.29. The molecule has 0 bridgehead atoms. The van der Waals surface area contributed by atoms with Crippen LogP contribution in [0.3, 0.4) is 0 Å². The third kappa shape index (κ3) is 4.31. The van der Waals surface area contributed by atoms with Crippen LogP contribution in [0.4, 0.5) is 4.39 Å². The number of halogens is 1. The van der Waals surface area contributed by atoms with Crippen LogP contribution in [0.1, 0.15) is 37.0 Å². The van der Waals surface area contributed by atoms with Gasteiger partial charge in [-0.05, 0) is 42.7 Å². The molecule has 0 atom stereocenters. The predicted octanol–water partition coefficient (Wildman–Crippen LogP) is 4.59. The lowest BCUT2D eigenvalue weighted by Gasteiger charge is -2.13. The van der Waals surface area contributed by atoms with Gasteiger partial charge in [-0.15, -0.1) is 0 Å². The second kappa shape index (κ2) is 7.77. The Morgan fingerprint density at radius 1 is 1.13 bits per heavy atom. The number of rotatable bonds is 6. The summed E-state index contributed by atoms with van der Waals surface area (Å²) in [5.74, 6) is 0.0486. The zero-order valence-corrected chi connectivity index (χ0v) is 13.7. The third-order valence-corrected chi connectivity index (χ3v) is 3.61. The minimum absolute atomic E-state index is 0.00527. The maximum atomic E-state index is 14.1. The number of carbonyl (C=O) groups excluding carboxylic acids is 1. The Labute approximate surface area is 136 Å². The number of hydrogen-bond acceptors (Lipinski definition) is 3. The van der Waals surface area contributed by atoms with E-state index in [1.165, 1.54) is 17.7 Å². The fourth-order valence-corrected chi connectivity index (χ4v) is 2.21. The van der Waals surface area contributed by atoms with Gasteiger partial charge in [-0.1, -0.05) is 32.0 Å². The average molecular weight is 316 g/mol. The molecule has 0 amide bonds. The first kappa shape index (κ1) is 17.0. The highest BCUT2D eigenvalue weighted by atomic mass is 19.1. The average Bonchev–Trinajstić information content (AvgIpc) is 2.55. The molecule has 23 heavy (non-hydrogen) atoms. The Kier molecular flexibility index (Phi) is 5.74. The summed E-state index contributed by atoms with van der Waals surface area (Å²) in [4.78, 5) is 11.5. The van der Waals surface area contributed by atoms with Crippen molar-refractivity contribution in [3.63, 3.8) is 0 Å². The van der Waals surface area contributed by atoms with E-state index in [0.29, 0.717) is 5.75 Å². The molecule has 0 spiro atoms. The summed E-state index contributed by atoms with van der Waals surface area (Å²) in [6, 6.07) is 10.3. The van der Waals surface area contributed by atoms with Gasteiger partial charge < -0.3 is 9.47 Å². The molecule has 3 nitrogen and oxygen atoms in total. The maximum absolute atomic E-state index is 14.1. The molecule has 0 N–H and O–H groups in total. The molecule has 0 radical (unpaired) electrons. The molecular formula is C19H21FO3. The van der Waals surface area contributed by atoms with Gasteiger partial charge in [0, 0.05) is 6.42 Å². The van der Waals surface area contributed by atoms with Crippen LogP contribution >= 0.6 is 0 Å². The van der Waals surface area contributed by atoms with Crippen molar-refractivity contribution < 1.29 is 18.7 Å². The Balaban J connectivity index is 2.18. The van der Waals surface area contributed by atoms with E-state index in [2.05, 4.69) is 13.0 Å². The third-order valence-electron chi connectivity index (χ3n) is 3.61. The first-order chi connectivity index (χ1) is 11.0. The largest absolute Gasteiger partial charge is 0.488 e. The number of carbonyl (C=O) groups is 1. The number of aryl methyl sites for hydroxylation is 2. The highest BCUT2D eigenvalue weighted by Crippen LogP contribution is 2.26. The van der Waals surface area contributed by atoms with E-state index in [0.717, 1.165) is 12.0 Å². The summed E-state index contributed by atoms with van der Waals surface area (Å²) in [6.45, 7) is 5.73. The van der Waals surface area contributed by atoms with Crippen LogP contribution in [0, 0.1) is 12.7 Å². The van der Waals surface area contributed by atoms with E-state index < -0.39 is 11.8 Å². The van der Waals surface area contributed by atoms with Crippen molar-refractivity contribution in [1.82, 2.24) is 0 Å². The number of hydrogen-bond donors (Lipinski definition) is 0. The zero-order valence-electron chi connectivity index (χ0n) is 13.7. The molecule has 122 valence electrons. The minimum atomic E-state index is -0.450. The standard InChI is InChI=1S/C19H21FO3/c1-4-14-9-10-17(13(3)11-14)22-12-15-16(20)7-6-8-18(15)23-19(21)5-2/h6-11H,4-5,12H2,1-3H3. The first-order valence-electron chi connectivity index (χ1n) is 7.75. The number of benzene rings is 2. The zero-order chi connectivity index (χ0) is 16.8. The van der Waals surface area contributed by atoms with E-state index in [1.54, 1.807) is 13.0 Å². The van der Waals surface area contributed by atoms with Crippen molar-refractivity contribution in [3.8, 4) is 11.5 Å². The summed E-state index contributed by atoms with van der Waals surface area (Å²) in [7, 11) is 0. The monoisotopic (exact) mass is 316 g/mol. The molecule has 0 fully saturated rings.